The van der Waals surface area contributed by atoms with Crippen molar-refractivity contribution in [1.82, 2.24) is 9.88 Å². The van der Waals surface area contributed by atoms with Gasteiger partial charge in [-0.2, -0.15) is 0 Å². The fourth-order valence-corrected chi connectivity index (χ4v) is 3.32. The predicted molar refractivity (Wildman–Crippen MR) is 94.3 cm³/mol. The van der Waals surface area contributed by atoms with Crippen LogP contribution in [0.5, 0.6) is 0 Å². The van der Waals surface area contributed by atoms with Crippen molar-refractivity contribution in [3.05, 3.63) is 48.6 Å². The van der Waals surface area contributed by atoms with Gasteiger partial charge in [0.2, 0.25) is 0 Å². The van der Waals surface area contributed by atoms with Gasteiger partial charge in [0, 0.05) is 42.1 Å². The molecule has 0 N–H and O–H groups in total. The maximum absolute atomic E-state index is 6.16. The van der Waals surface area contributed by atoms with E-state index in [2.05, 4.69) is 60.1 Å². The summed E-state index contributed by atoms with van der Waals surface area (Å²) in [5, 5.41) is 2.20. The SMILES string of the molecule is Cc1ccc2c(oc3ccncc32)c1N1C=CN(CC(C)C)C1. The fraction of sp³-hybridized carbons (Fsp3) is 0.316. The molecule has 0 bridgehead atoms. The Bertz CT molecular complexity index is 894. The first-order chi connectivity index (χ1) is 11.1. The van der Waals surface area contributed by atoms with Crippen LogP contribution in [0.3, 0.4) is 0 Å². The third-order valence-electron chi connectivity index (χ3n) is 4.29. The van der Waals surface area contributed by atoms with Gasteiger partial charge in [0.1, 0.15) is 5.58 Å². The lowest BCUT2D eigenvalue weighted by atomic mass is 10.1. The third kappa shape index (κ3) is 2.34. The van der Waals surface area contributed by atoms with Gasteiger partial charge < -0.3 is 14.2 Å². The summed E-state index contributed by atoms with van der Waals surface area (Å²) in [7, 11) is 0. The van der Waals surface area contributed by atoms with Crippen LogP contribution in [0.15, 0.2) is 47.4 Å². The Morgan fingerprint density at radius 3 is 2.87 bits per heavy atom. The van der Waals surface area contributed by atoms with Gasteiger partial charge in [-0.05, 0) is 24.5 Å². The Labute approximate surface area is 136 Å². The number of hydrogen-bond acceptors (Lipinski definition) is 4. The molecule has 23 heavy (non-hydrogen) atoms. The standard InChI is InChI=1S/C19H21N3O/c1-13(2)11-21-8-9-22(12-21)18-14(3)4-5-15-16-10-20-7-6-17(16)23-19(15)18/h4-10,13H,11-12H2,1-3H3. The summed E-state index contributed by atoms with van der Waals surface area (Å²) in [6.07, 6.45) is 7.97. The summed E-state index contributed by atoms with van der Waals surface area (Å²) in [6, 6.07) is 6.23. The number of furan rings is 1. The number of aryl methyl sites for hydroxylation is 1. The van der Waals surface area contributed by atoms with Gasteiger partial charge in [-0.15, -0.1) is 0 Å². The first kappa shape index (κ1) is 14.1. The number of pyridine rings is 1. The minimum absolute atomic E-state index is 0.647. The molecule has 2 aromatic heterocycles. The van der Waals surface area contributed by atoms with Gasteiger partial charge in [0.15, 0.2) is 5.58 Å². The number of rotatable bonds is 3. The van der Waals surface area contributed by atoms with Gasteiger partial charge in [-0.1, -0.05) is 26.0 Å². The molecule has 4 nitrogen and oxygen atoms in total. The Kier molecular flexibility index (Phi) is 3.26. The quantitative estimate of drug-likeness (QED) is 0.713. The number of aromatic nitrogens is 1. The Balaban J connectivity index is 1.81. The third-order valence-corrected chi connectivity index (χ3v) is 4.29. The van der Waals surface area contributed by atoms with Crippen LogP contribution in [0.4, 0.5) is 5.69 Å². The lowest BCUT2D eigenvalue weighted by Crippen LogP contribution is -2.28. The molecule has 118 valence electrons. The molecule has 0 saturated carbocycles. The molecule has 0 radical (unpaired) electrons. The van der Waals surface area contributed by atoms with Crippen molar-refractivity contribution in [3.8, 4) is 0 Å². The molecule has 0 saturated heterocycles. The first-order valence-corrected chi connectivity index (χ1v) is 8.08. The molecule has 0 atom stereocenters. The van der Waals surface area contributed by atoms with E-state index in [4.69, 9.17) is 4.42 Å². The second kappa shape index (κ2) is 5.30. The highest BCUT2D eigenvalue weighted by molar-refractivity contribution is 6.09. The molecule has 4 heteroatoms. The van der Waals surface area contributed by atoms with Gasteiger partial charge >= 0.3 is 0 Å². The smallest absolute Gasteiger partial charge is 0.159 e. The second-order valence-electron chi connectivity index (χ2n) is 6.66. The van der Waals surface area contributed by atoms with E-state index in [1.54, 1.807) is 6.20 Å². The van der Waals surface area contributed by atoms with Crippen LogP contribution in [-0.2, 0) is 0 Å². The summed E-state index contributed by atoms with van der Waals surface area (Å²) in [4.78, 5) is 8.85. The molecule has 3 aromatic rings. The van der Waals surface area contributed by atoms with E-state index in [0.717, 1.165) is 40.8 Å². The molecule has 1 aliphatic heterocycles. The molecule has 1 aromatic carbocycles. The van der Waals surface area contributed by atoms with Crippen LogP contribution >= 0.6 is 0 Å². The average molecular weight is 307 g/mol. The number of nitrogens with zero attached hydrogens (tertiary/aromatic N) is 3. The van der Waals surface area contributed by atoms with Crippen LogP contribution in [-0.4, -0.2) is 23.1 Å². The van der Waals surface area contributed by atoms with Gasteiger partial charge in [-0.3, -0.25) is 4.98 Å². The highest BCUT2D eigenvalue weighted by Crippen LogP contribution is 2.38. The maximum atomic E-state index is 6.16. The zero-order valence-electron chi connectivity index (χ0n) is 13.8. The molecule has 0 unspecified atom stereocenters. The first-order valence-electron chi connectivity index (χ1n) is 8.08. The number of hydrogen-bond donors (Lipinski definition) is 0. The van der Waals surface area contributed by atoms with Crippen LogP contribution in [0, 0.1) is 12.8 Å². The van der Waals surface area contributed by atoms with Crippen molar-refractivity contribution in [2.45, 2.75) is 20.8 Å². The maximum Gasteiger partial charge on any atom is 0.159 e. The van der Waals surface area contributed by atoms with E-state index in [9.17, 15) is 0 Å². The summed E-state index contributed by atoms with van der Waals surface area (Å²) < 4.78 is 6.16. The Morgan fingerprint density at radius 2 is 2.04 bits per heavy atom. The zero-order valence-corrected chi connectivity index (χ0v) is 13.8. The number of anilines is 1. The molecule has 0 amide bonds. The van der Waals surface area contributed by atoms with E-state index >= 15 is 0 Å². The fourth-order valence-electron chi connectivity index (χ4n) is 3.32. The monoisotopic (exact) mass is 307 g/mol. The Hall–Kier alpha value is -2.49. The minimum Gasteiger partial charge on any atom is -0.454 e. The van der Waals surface area contributed by atoms with Crippen LogP contribution < -0.4 is 4.90 Å². The lowest BCUT2D eigenvalue weighted by Gasteiger charge is -2.24. The van der Waals surface area contributed by atoms with Gasteiger partial charge in [0.05, 0.1) is 12.4 Å². The molecular weight excluding hydrogens is 286 g/mol. The highest BCUT2D eigenvalue weighted by Gasteiger charge is 2.21. The van der Waals surface area contributed by atoms with Crippen LogP contribution in [0.25, 0.3) is 21.9 Å². The summed E-state index contributed by atoms with van der Waals surface area (Å²) in [6.45, 7) is 8.56. The summed E-state index contributed by atoms with van der Waals surface area (Å²) >= 11 is 0. The highest BCUT2D eigenvalue weighted by atomic mass is 16.3. The van der Waals surface area contributed by atoms with Crippen molar-refractivity contribution in [1.29, 1.82) is 0 Å². The van der Waals surface area contributed by atoms with E-state index < -0.39 is 0 Å². The number of benzene rings is 1. The van der Waals surface area contributed by atoms with E-state index in [1.807, 2.05) is 12.3 Å². The largest absolute Gasteiger partial charge is 0.454 e. The van der Waals surface area contributed by atoms with Gasteiger partial charge in [0.25, 0.3) is 0 Å². The van der Waals surface area contributed by atoms with E-state index in [0.29, 0.717) is 5.92 Å². The summed E-state index contributed by atoms with van der Waals surface area (Å²) in [5.41, 5.74) is 4.22. The van der Waals surface area contributed by atoms with Crippen molar-refractivity contribution in [3.63, 3.8) is 0 Å². The molecule has 4 rings (SSSR count). The predicted octanol–water partition coefficient (Wildman–Crippen LogP) is 4.50. The minimum atomic E-state index is 0.647. The lowest BCUT2D eigenvalue weighted by molar-refractivity contribution is 0.354. The average Bonchev–Trinajstić information content (AvgIpc) is 3.10. The van der Waals surface area contributed by atoms with E-state index in [1.165, 1.54) is 5.56 Å². The van der Waals surface area contributed by atoms with Crippen molar-refractivity contribution in [2.75, 3.05) is 18.1 Å². The number of fused-ring (bicyclic) bond motifs is 3. The van der Waals surface area contributed by atoms with E-state index in [-0.39, 0.29) is 0 Å². The normalized spacial score (nSPS) is 14.8. The van der Waals surface area contributed by atoms with Crippen LogP contribution in [0.2, 0.25) is 0 Å². The molecule has 1 aliphatic rings. The van der Waals surface area contributed by atoms with Crippen molar-refractivity contribution in [2.24, 2.45) is 5.92 Å². The zero-order chi connectivity index (χ0) is 16.0. The van der Waals surface area contributed by atoms with Crippen molar-refractivity contribution < 1.29 is 4.42 Å². The second-order valence-corrected chi connectivity index (χ2v) is 6.66. The topological polar surface area (TPSA) is 32.5 Å². The summed E-state index contributed by atoms with van der Waals surface area (Å²) in [5.74, 6) is 0.647. The molecule has 3 heterocycles. The van der Waals surface area contributed by atoms with Gasteiger partial charge in [-0.25, -0.2) is 0 Å². The molecule has 0 spiro atoms. The molecule has 0 aliphatic carbocycles. The molecule has 0 fully saturated rings. The molecular formula is C19H21N3O. The van der Waals surface area contributed by atoms with Crippen LogP contribution in [0.1, 0.15) is 19.4 Å². The Morgan fingerprint density at radius 1 is 1.17 bits per heavy atom. The van der Waals surface area contributed by atoms with Crippen molar-refractivity contribution >= 4 is 27.6 Å².